The molecule has 0 atom stereocenters. The summed E-state index contributed by atoms with van der Waals surface area (Å²) in [5.74, 6) is 0.563. The first kappa shape index (κ1) is 12.7. The van der Waals surface area contributed by atoms with Gasteiger partial charge < -0.3 is 10.0 Å². The number of hydrogen-bond donors (Lipinski definition) is 1. The normalized spacial score (nSPS) is 19.7. The van der Waals surface area contributed by atoms with Crippen molar-refractivity contribution in [1.29, 1.82) is 0 Å². The van der Waals surface area contributed by atoms with Crippen molar-refractivity contribution in [2.45, 2.75) is 45.1 Å². The number of benzene rings is 2. The number of aryl methyl sites for hydroxylation is 2. The molecule has 0 bridgehead atoms. The molecule has 0 aliphatic carbocycles. The molecule has 108 valence electrons. The topological polar surface area (TPSA) is 40.5 Å². The fourth-order valence-corrected chi connectivity index (χ4v) is 3.92. The SMILES string of the molecule is CC1(C)CCc2c3c(cc4c(O)cccc24)CCC(=O)N31. The molecule has 0 radical (unpaired) electrons. The summed E-state index contributed by atoms with van der Waals surface area (Å²) in [6.45, 7) is 4.30. The van der Waals surface area contributed by atoms with Gasteiger partial charge in [-0.3, -0.25) is 4.79 Å². The molecule has 1 amide bonds. The Morgan fingerprint density at radius 1 is 1.14 bits per heavy atom. The van der Waals surface area contributed by atoms with Crippen LogP contribution in [-0.2, 0) is 17.6 Å². The fraction of sp³-hybridized carbons (Fsp3) is 0.389. The lowest BCUT2D eigenvalue weighted by atomic mass is 9.80. The fourth-order valence-electron chi connectivity index (χ4n) is 3.92. The van der Waals surface area contributed by atoms with Gasteiger partial charge in [-0.05, 0) is 61.8 Å². The molecule has 0 unspecified atom stereocenters. The lowest BCUT2D eigenvalue weighted by Gasteiger charge is -2.47. The van der Waals surface area contributed by atoms with Crippen LogP contribution in [0.2, 0.25) is 0 Å². The second-order valence-corrected chi connectivity index (χ2v) is 6.78. The minimum atomic E-state index is -0.121. The summed E-state index contributed by atoms with van der Waals surface area (Å²) >= 11 is 0. The highest BCUT2D eigenvalue weighted by atomic mass is 16.3. The van der Waals surface area contributed by atoms with Gasteiger partial charge in [-0.25, -0.2) is 0 Å². The van der Waals surface area contributed by atoms with Crippen molar-refractivity contribution in [2.24, 2.45) is 0 Å². The van der Waals surface area contributed by atoms with Crippen LogP contribution in [0.3, 0.4) is 0 Å². The Hall–Kier alpha value is -2.03. The molecule has 2 aliphatic heterocycles. The minimum absolute atomic E-state index is 0.121. The Kier molecular flexibility index (Phi) is 2.42. The summed E-state index contributed by atoms with van der Waals surface area (Å²) in [4.78, 5) is 14.5. The zero-order valence-corrected chi connectivity index (χ0v) is 12.4. The third-order valence-corrected chi connectivity index (χ3v) is 4.99. The molecule has 21 heavy (non-hydrogen) atoms. The lowest BCUT2D eigenvalue weighted by Crippen LogP contribution is -2.53. The average molecular weight is 281 g/mol. The van der Waals surface area contributed by atoms with E-state index in [0.717, 1.165) is 35.7 Å². The van der Waals surface area contributed by atoms with E-state index in [4.69, 9.17) is 0 Å². The molecule has 3 heteroatoms. The maximum Gasteiger partial charge on any atom is 0.227 e. The predicted octanol–water partition coefficient (Wildman–Crippen LogP) is 3.55. The molecule has 1 N–H and O–H groups in total. The second kappa shape index (κ2) is 4.00. The van der Waals surface area contributed by atoms with Crippen molar-refractivity contribution in [2.75, 3.05) is 4.90 Å². The molecule has 2 aliphatic rings. The number of amides is 1. The number of nitrogens with zero attached hydrogens (tertiary/aromatic N) is 1. The molecule has 2 heterocycles. The van der Waals surface area contributed by atoms with Crippen LogP contribution in [0, 0.1) is 0 Å². The van der Waals surface area contributed by atoms with E-state index < -0.39 is 0 Å². The van der Waals surface area contributed by atoms with Gasteiger partial charge in [-0.15, -0.1) is 0 Å². The van der Waals surface area contributed by atoms with Crippen LogP contribution in [0.5, 0.6) is 5.75 Å². The van der Waals surface area contributed by atoms with Gasteiger partial charge in [0.05, 0.1) is 5.69 Å². The number of anilines is 1. The number of rotatable bonds is 0. The monoisotopic (exact) mass is 281 g/mol. The largest absolute Gasteiger partial charge is 0.507 e. The molecule has 0 saturated carbocycles. The zero-order chi connectivity index (χ0) is 14.8. The van der Waals surface area contributed by atoms with E-state index in [9.17, 15) is 9.90 Å². The van der Waals surface area contributed by atoms with Gasteiger partial charge in [0, 0.05) is 17.3 Å². The lowest BCUT2D eigenvalue weighted by molar-refractivity contribution is -0.120. The second-order valence-electron chi connectivity index (χ2n) is 6.78. The van der Waals surface area contributed by atoms with Crippen LogP contribution >= 0.6 is 0 Å². The van der Waals surface area contributed by atoms with Crippen LogP contribution in [0.1, 0.15) is 37.8 Å². The van der Waals surface area contributed by atoms with Crippen LogP contribution in [0.15, 0.2) is 24.3 Å². The van der Waals surface area contributed by atoms with Gasteiger partial charge >= 0.3 is 0 Å². The van der Waals surface area contributed by atoms with E-state index in [1.54, 1.807) is 6.07 Å². The first-order chi connectivity index (χ1) is 9.99. The highest BCUT2D eigenvalue weighted by molar-refractivity contribution is 6.05. The number of phenols is 1. The molecule has 0 fully saturated rings. The molecule has 3 nitrogen and oxygen atoms in total. The van der Waals surface area contributed by atoms with Crippen LogP contribution in [0.25, 0.3) is 10.8 Å². The van der Waals surface area contributed by atoms with Crippen molar-refractivity contribution < 1.29 is 9.90 Å². The average Bonchev–Trinajstić information content (AvgIpc) is 2.44. The molecule has 4 rings (SSSR count). The third kappa shape index (κ3) is 1.63. The quantitative estimate of drug-likeness (QED) is 0.802. The smallest absolute Gasteiger partial charge is 0.227 e. The number of carbonyl (C=O) groups is 1. The number of aromatic hydroxyl groups is 1. The highest BCUT2D eigenvalue weighted by Gasteiger charge is 2.41. The van der Waals surface area contributed by atoms with E-state index in [-0.39, 0.29) is 11.4 Å². The van der Waals surface area contributed by atoms with Crippen LogP contribution < -0.4 is 4.90 Å². The number of carbonyl (C=O) groups excluding carboxylic acids is 1. The van der Waals surface area contributed by atoms with Crippen LogP contribution in [0.4, 0.5) is 5.69 Å². The summed E-state index contributed by atoms with van der Waals surface area (Å²) in [5.41, 5.74) is 3.42. The maximum atomic E-state index is 12.5. The van der Waals surface area contributed by atoms with Gasteiger partial charge in [-0.1, -0.05) is 12.1 Å². The Morgan fingerprint density at radius 2 is 1.95 bits per heavy atom. The van der Waals surface area contributed by atoms with Crippen molar-refractivity contribution in [3.63, 3.8) is 0 Å². The Bertz CT molecular complexity index is 776. The van der Waals surface area contributed by atoms with Crippen molar-refractivity contribution in [3.8, 4) is 5.75 Å². The van der Waals surface area contributed by atoms with Crippen molar-refractivity contribution >= 4 is 22.4 Å². The van der Waals surface area contributed by atoms with Gasteiger partial charge in [0.2, 0.25) is 5.91 Å². The molecule has 0 aromatic heterocycles. The number of phenolic OH excluding ortho intramolecular Hbond substituents is 1. The van der Waals surface area contributed by atoms with Gasteiger partial charge in [0.25, 0.3) is 0 Å². The van der Waals surface area contributed by atoms with E-state index in [2.05, 4.69) is 26.0 Å². The summed E-state index contributed by atoms with van der Waals surface area (Å²) in [7, 11) is 0. The van der Waals surface area contributed by atoms with Gasteiger partial charge in [-0.2, -0.15) is 0 Å². The van der Waals surface area contributed by atoms with E-state index in [0.29, 0.717) is 12.2 Å². The highest BCUT2D eigenvalue weighted by Crippen LogP contribution is 2.46. The Labute approximate surface area is 124 Å². The van der Waals surface area contributed by atoms with Gasteiger partial charge in [0.1, 0.15) is 5.75 Å². The molecule has 0 saturated heterocycles. The number of hydrogen-bond acceptors (Lipinski definition) is 2. The molecular formula is C18H19NO2. The van der Waals surface area contributed by atoms with E-state index >= 15 is 0 Å². The third-order valence-electron chi connectivity index (χ3n) is 4.99. The van der Waals surface area contributed by atoms with Gasteiger partial charge in [0.15, 0.2) is 0 Å². The van der Waals surface area contributed by atoms with E-state index in [1.807, 2.05) is 11.0 Å². The van der Waals surface area contributed by atoms with Crippen molar-refractivity contribution in [1.82, 2.24) is 0 Å². The number of fused-ring (bicyclic) bond motifs is 2. The summed E-state index contributed by atoms with van der Waals surface area (Å²) in [6.07, 6.45) is 3.26. The summed E-state index contributed by atoms with van der Waals surface area (Å²) in [6, 6.07) is 7.75. The predicted molar refractivity (Wildman–Crippen MR) is 83.8 cm³/mol. The minimum Gasteiger partial charge on any atom is -0.507 e. The Balaban J connectivity index is 2.11. The molecular weight excluding hydrogens is 262 g/mol. The van der Waals surface area contributed by atoms with E-state index in [1.165, 1.54) is 11.1 Å². The summed E-state index contributed by atoms with van der Waals surface area (Å²) < 4.78 is 0. The standard InChI is InChI=1S/C18H19NO2/c1-18(2)9-8-13-12-4-3-5-15(20)14(12)10-11-6-7-16(21)19(18)17(11)13/h3-5,10,20H,6-9H2,1-2H3. The van der Waals surface area contributed by atoms with Crippen LogP contribution in [-0.4, -0.2) is 16.6 Å². The zero-order valence-electron chi connectivity index (χ0n) is 12.4. The first-order valence-electron chi connectivity index (χ1n) is 7.58. The first-order valence-corrected chi connectivity index (χ1v) is 7.58. The summed E-state index contributed by atoms with van der Waals surface area (Å²) in [5, 5.41) is 12.2. The molecule has 2 aromatic carbocycles. The molecule has 0 spiro atoms. The Morgan fingerprint density at radius 3 is 2.76 bits per heavy atom. The molecule has 2 aromatic rings. The maximum absolute atomic E-state index is 12.5. The van der Waals surface area contributed by atoms with Crippen molar-refractivity contribution in [3.05, 3.63) is 35.4 Å².